The van der Waals surface area contributed by atoms with E-state index in [2.05, 4.69) is 28.5 Å². The SMILES string of the molecule is CC(Cl)C(=O)NCCc1ccc2cc[nH]c2c1. The van der Waals surface area contributed by atoms with E-state index in [9.17, 15) is 4.79 Å². The maximum Gasteiger partial charge on any atom is 0.237 e. The molecule has 1 amide bonds. The topological polar surface area (TPSA) is 44.9 Å². The number of H-pyrrole nitrogens is 1. The van der Waals surface area contributed by atoms with Crippen molar-refractivity contribution in [3.05, 3.63) is 36.0 Å². The first-order chi connectivity index (χ1) is 8.16. The first-order valence-corrected chi connectivity index (χ1v) is 6.08. The molecule has 0 spiro atoms. The minimum absolute atomic E-state index is 0.118. The molecule has 0 radical (unpaired) electrons. The van der Waals surface area contributed by atoms with Gasteiger partial charge in [0.05, 0.1) is 0 Å². The van der Waals surface area contributed by atoms with Crippen molar-refractivity contribution in [1.29, 1.82) is 0 Å². The van der Waals surface area contributed by atoms with E-state index in [1.807, 2.05) is 12.3 Å². The van der Waals surface area contributed by atoms with Crippen molar-refractivity contribution >= 4 is 28.4 Å². The Morgan fingerprint density at radius 2 is 2.29 bits per heavy atom. The van der Waals surface area contributed by atoms with Crippen molar-refractivity contribution in [3.63, 3.8) is 0 Å². The lowest BCUT2D eigenvalue weighted by molar-refractivity contribution is -0.120. The fourth-order valence-corrected chi connectivity index (χ4v) is 1.80. The Hall–Kier alpha value is -1.48. The number of halogens is 1. The number of benzene rings is 1. The molecule has 3 nitrogen and oxygen atoms in total. The fraction of sp³-hybridized carbons (Fsp3) is 0.308. The summed E-state index contributed by atoms with van der Waals surface area (Å²) in [6, 6.07) is 8.29. The Bertz CT molecular complexity index is 519. The van der Waals surface area contributed by atoms with Crippen molar-refractivity contribution in [1.82, 2.24) is 10.3 Å². The van der Waals surface area contributed by atoms with Gasteiger partial charge in [-0.2, -0.15) is 0 Å². The lowest BCUT2D eigenvalue weighted by Crippen LogP contribution is -2.31. The van der Waals surface area contributed by atoms with Gasteiger partial charge in [0.25, 0.3) is 0 Å². The molecule has 0 bridgehead atoms. The van der Waals surface area contributed by atoms with E-state index in [1.165, 1.54) is 10.9 Å². The molecule has 1 aromatic heterocycles. The predicted octanol–water partition coefficient (Wildman–Crippen LogP) is 2.45. The van der Waals surface area contributed by atoms with Gasteiger partial charge < -0.3 is 10.3 Å². The Morgan fingerprint density at radius 1 is 1.47 bits per heavy atom. The van der Waals surface area contributed by atoms with Crippen LogP contribution in [0.15, 0.2) is 30.5 Å². The quantitative estimate of drug-likeness (QED) is 0.805. The number of rotatable bonds is 4. The molecular formula is C13H15ClN2O. The molecule has 0 saturated heterocycles. The second-order valence-corrected chi connectivity index (χ2v) is 4.71. The Balaban J connectivity index is 1.92. The number of alkyl halides is 1. The van der Waals surface area contributed by atoms with Crippen LogP contribution in [-0.2, 0) is 11.2 Å². The van der Waals surface area contributed by atoms with Crippen LogP contribution in [0.5, 0.6) is 0 Å². The zero-order valence-electron chi connectivity index (χ0n) is 9.66. The lowest BCUT2D eigenvalue weighted by atomic mass is 10.1. The molecule has 90 valence electrons. The van der Waals surface area contributed by atoms with Gasteiger partial charge in [-0.15, -0.1) is 11.6 Å². The van der Waals surface area contributed by atoms with E-state index in [0.29, 0.717) is 6.54 Å². The van der Waals surface area contributed by atoms with Gasteiger partial charge in [0.2, 0.25) is 5.91 Å². The molecule has 1 unspecified atom stereocenters. The first kappa shape index (κ1) is 12.0. The molecule has 0 aliphatic carbocycles. The monoisotopic (exact) mass is 250 g/mol. The van der Waals surface area contributed by atoms with Crippen molar-refractivity contribution in [2.24, 2.45) is 0 Å². The van der Waals surface area contributed by atoms with E-state index in [4.69, 9.17) is 11.6 Å². The summed E-state index contributed by atoms with van der Waals surface area (Å²) in [5, 5.41) is 3.52. The lowest BCUT2D eigenvalue weighted by Gasteiger charge is -2.06. The summed E-state index contributed by atoms with van der Waals surface area (Å²) in [6.45, 7) is 2.28. The molecule has 1 aromatic carbocycles. The summed E-state index contributed by atoms with van der Waals surface area (Å²) in [7, 11) is 0. The zero-order chi connectivity index (χ0) is 12.3. The van der Waals surface area contributed by atoms with Crippen LogP contribution in [0.4, 0.5) is 0 Å². The van der Waals surface area contributed by atoms with Crippen LogP contribution in [0.1, 0.15) is 12.5 Å². The van der Waals surface area contributed by atoms with E-state index >= 15 is 0 Å². The zero-order valence-corrected chi connectivity index (χ0v) is 10.4. The van der Waals surface area contributed by atoms with Crippen LogP contribution < -0.4 is 5.32 Å². The van der Waals surface area contributed by atoms with Crippen LogP contribution in [0.3, 0.4) is 0 Å². The molecule has 1 heterocycles. The minimum atomic E-state index is -0.471. The van der Waals surface area contributed by atoms with Gasteiger partial charge in [0.1, 0.15) is 5.38 Å². The van der Waals surface area contributed by atoms with Gasteiger partial charge in [-0.1, -0.05) is 12.1 Å². The summed E-state index contributed by atoms with van der Waals surface area (Å²) < 4.78 is 0. The molecule has 0 saturated carbocycles. The summed E-state index contributed by atoms with van der Waals surface area (Å²) >= 11 is 5.66. The van der Waals surface area contributed by atoms with E-state index < -0.39 is 5.38 Å². The van der Waals surface area contributed by atoms with Gasteiger partial charge in [-0.25, -0.2) is 0 Å². The largest absolute Gasteiger partial charge is 0.361 e. The second kappa shape index (κ2) is 5.23. The van der Waals surface area contributed by atoms with Crippen LogP contribution in [0.25, 0.3) is 10.9 Å². The molecular weight excluding hydrogens is 236 g/mol. The average molecular weight is 251 g/mol. The number of carbonyl (C=O) groups is 1. The third-order valence-electron chi connectivity index (χ3n) is 2.69. The number of hydrogen-bond acceptors (Lipinski definition) is 1. The van der Waals surface area contributed by atoms with Gasteiger partial charge in [-0.3, -0.25) is 4.79 Å². The fourth-order valence-electron chi connectivity index (χ4n) is 1.72. The van der Waals surface area contributed by atoms with Crippen LogP contribution in [-0.4, -0.2) is 22.8 Å². The summed E-state index contributed by atoms with van der Waals surface area (Å²) in [4.78, 5) is 14.4. The molecule has 17 heavy (non-hydrogen) atoms. The normalized spacial score (nSPS) is 12.6. The Labute approximate surface area is 105 Å². The number of hydrogen-bond donors (Lipinski definition) is 2. The number of carbonyl (C=O) groups excluding carboxylic acids is 1. The highest BCUT2D eigenvalue weighted by Crippen LogP contribution is 2.14. The van der Waals surface area contributed by atoms with Crippen molar-refractivity contribution < 1.29 is 4.79 Å². The highest BCUT2D eigenvalue weighted by molar-refractivity contribution is 6.30. The summed E-state index contributed by atoms with van der Waals surface area (Å²) in [6.07, 6.45) is 2.73. The molecule has 2 rings (SSSR count). The number of aromatic amines is 1. The van der Waals surface area contributed by atoms with E-state index in [0.717, 1.165) is 11.9 Å². The Kier molecular flexibility index (Phi) is 3.69. The van der Waals surface area contributed by atoms with Crippen molar-refractivity contribution in [2.45, 2.75) is 18.7 Å². The molecule has 2 aromatic rings. The highest BCUT2D eigenvalue weighted by Gasteiger charge is 2.07. The highest BCUT2D eigenvalue weighted by atomic mass is 35.5. The number of nitrogens with one attached hydrogen (secondary N) is 2. The summed E-state index contributed by atoms with van der Waals surface area (Å²) in [5.41, 5.74) is 2.32. The molecule has 2 N–H and O–H groups in total. The maximum atomic E-state index is 11.3. The molecule has 0 fully saturated rings. The molecule has 1 atom stereocenters. The van der Waals surface area contributed by atoms with E-state index in [-0.39, 0.29) is 5.91 Å². The standard InChI is InChI=1S/C13H15ClN2O/c1-9(14)13(17)16-6-4-10-2-3-11-5-7-15-12(11)8-10/h2-3,5,7-9,15H,4,6H2,1H3,(H,16,17). The number of aromatic nitrogens is 1. The van der Waals surface area contributed by atoms with Gasteiger partial charge in [0.15, 0.2) is 0 Å². The van der Waals surface area contributed by atoms with E-state index in [1.54, 1.807) is 6.92 Å². The van der Waals surface area contributed by atoms with Crippen molar-refractivity contribution in [3.8, 4) is 0 Å². The maximum absolute atomic E-state index is 11.3. The smallest absolute Gasteiger partial charge is 0.237 e. The predicted molar refractivity (Wildman–Crippen MR) is 70.3 cm³/mol. The van der Waals surface area contributed by atoms with Crippen LogP contribution in [0, 0.1) is 0 Å². The van der Waals surface area contributed by atoms with Crippen LogP contribution >= 0.6 is 11.6 Å². The van der Waals surface area contributed by atoms with Gasteiger partial charge in [-0.05, 0) is 36.4 Å². The average Bonchev–Trinajstić information content (AvgIpc) is 2.75. The van der Waals surface area contributed by atoms with Crippen LogP contribution in [0.2, 0.25) is 0 Å². The third kappa shape index (κ3) is 3.01. The molecule has 0 aliphatic heterocycles. The molecule has 0 aliphatic rings. The Morgan fingerprint density at radius 3 is 3.06 bits per heavy atom. The van der Waals surface area contributed by atoms with Crippen molar-refractivity contribution in [2.75, 3.05) is 6.54 Å². The van der Waals surface area contributed by atoms with Gasteiger partial charge in [0, 0.05) is 18.3 Å². The number of amides is 1. The third-order valence-corrected chi connectivity index (χ3v) is 2.89. The van der Waals surface area contributed by atoms with Gasteiger partial charge >= 0.3 is 0 Å². The second-order valence-electron chi connectivity index (χ2n) is 4.06. The first-order valence-electron chi connectivity index (χ1n) is 5.64. The minimum Gasteiger partial charge on any atom is -0.361 e. The number of fused-ring (bicyclic) bond motifs is 1. The summed E-state index contributed by atoms with van der Waals surface area (Å²) in [5.74, 6) is -0.118. The molecule has 4 heteroatoms.